The second-order valence-electron chi connectivity index (χ2n) is 4.75. The summed E-state index contributed by atoms with van der Waals surface area (Å²) in [5.41, 5.74) is 0.920. The van der Waals surface area contributed by atoms with E-state index in [2.05, 4.69) is 0 Å². The molecule has 6 heteroatoms. The van der Waals surface area contributed by atoms with Gasteiger partial charge in [0.15, 0.2) is 11.5 Å². The highest BCUT2D eigenvalue weighted by Crippen LogP contribution is 2.36. The average molecular weight is 277 g/mol. The van der Waals surface area contributed by atoms with Crippen LogP contribution in [-0.2, 0) is 6.54 Å². The number of rotatable bonds is 4. The van der Waals surface area contributed by atoms with E-state index >= 15 is 0 Å². The van der Waals surface area contributed by atoms with Crippen LogP contribution in [0, 0.1) is 0 Å². The molecule has 0 radical (unpaired) electrons. The van der Waals surface area contributed by atoms with Crippen molar-refractivity contribution < 1.29 is 19.0 Å². The van der Waals surface area contributed by atoms with Crippen molar-refractivity contribution in [1.82, 2.24) is 4.90 Å². The maximum Gasteiger partial charge on any atom is 0.336 e. The topological polar surface area (TPSA) is 72.1 Å². The highest BCUT2D eigenvalue weighted by atomic mass is 16.7. The van der Waals surface area contributed by atoms with Gasteiger partial charge in [-0.3, -0.25) is 4.90 Å². The lowest BCUT2D eigenvalue weighted by Crippen LogP contribution is -2.22. The summed E-state index contributed by atoms with van der Waals surface area (Å²) in [4.78, 5) is 13.6. The van der Waals surface area contributed by atoms with Crippen LogP contribution < -0.4 is 15.1 Å². The fourth-order valence-corrected chi connectivity index (χ4v) is 2.29. The molecule has 0 atom stereocenters. The molecule has 0 unspecified atom stereocenters. The zero-order valence-electron chi connectivity index (χ0n) is 11.1. The third kappa shape index (κ3) is 2.35. The SMILES string of the molecule is CN(CCO)Cc1cc(=O)oc2cc3c(cc12)OCO3. The van der Waals surface area contributed by atoms with Crippen LogP contribution in [0.2, 0.25) is 0 Å². The minimum absolute atomic E-state index is 0.0716. The fourth-order valence-electron chi connectivity index (χ4n) is 2.29. The molecule has 1 aliphatic heterocycles. The quantitative estimate of drug-likeness (QED) is 0.839. The minimum atomic E-state index is -0.399. The van der Waals surface area contributed by atoms with Crippen molar-refractivity contribution >= 4 is 11.0 Å². The van der Waals surface area contributed by atoms with Crippen LogP contribution in [0.15, 0.2) is 27.4 Å². The molecule has 1 aliphatic rings. The molecule has 0 aliphatic carbocycles. The Morgan fingerprint density at radius 2 is 2.00 bits per heavy atom. The van der Waals surface area contributed by atoms with E-state index in [-0.39, 0.29) is 13.4 Å². The Morgan fingerprint density at radius 3 is 2.75 bits per heavy atom. The van der Waals surface area contributed by atoms with Crippen molar-refractivity contribution in [3.8, 4) is 11.5 Å². The Bertz CT molecular complexity index is 694. The maximum absolute atomic E-state index is 11.6. The summed E-state index contributed by atoms with van der Waals surface area (Å²) in [6.45, 7) is 1.33. The Morgan fingerprint density at radius 1 is 1.25 bits per heavy atom. The molecule has 1 aromatic heterocycles. The number of hydrogen-bond donors (Lipinski definition) is 1. The van der Waals surface area contributed by atoms with Crippen LogP contribution in [0.1, 0.15) is 5.56 Å². The predicted octanol–water partition coefficient (Wildman–Crippen LogP) is 0.946. The largest absolute Gasteiger partial charge is 0.454 e. The average Bonchev–Trinajstić information content (AvgIpc) is 2.83. The Balaban J connectivity index is 2.08. The number of likely N-dealkylation sites (N-methyl/N-ethyl adjacent to an activating group) is 1. The van der Waals surface area contributed by atoms with E-state index < -0.39 is 5.63 Å². The summed E-state index contributed by atoms with van der Waals surface area (Å²) in [7, 11) is 1.88. The van der Waals surface area contributed by atoms with Gasteiger partial charge in [-0.15, -0.1) is 0 Å². The van der Waals surface area contributed by atoms with Gasteiger partial charge in [0.25, 0.3) is 0 Å². The van der Waals surface area contributed by atoms with Gasteiger partial charge in [0.05, 0.1) is 6.61 Å². The van der Waals surface area contributed by atoms with Crippen molar-refractivity contribution in [2.45, 2.75) is 6.54 Å². The first kappa shape index (κ1) is 13.0. The Kier molecular flexibility index (Phi) is 3.33. The van der Waals surface area contributed by atoms with Gasteiger partial charge in [-0.2, -0.15) is 0 Å². The van der Waals surface area contributed by atoms with E-state index in [9.17, 15) is 4.79 Å². The molecule has 1 aromatic carbocycles. The van der Waals surface area contributed by atoms with E-state index in [1.54, 1.807) is 6.07 Å². The van der Waals surface area contributed by atoms with Crippen LogP contribution in [0.4, 0.5) is 0 Å². The molecular weight excluding hydrogens is 262 g/mol. The van der Waals surface area contributed by atoms with E-state index in [0.29, 0.717) is 30.2 Å². The third-order valence-electron chi connectivity index (χ3n) is 3.25. The van der Waals surface area contributed by atoms with Crippen molar-refractivity contribution in [3.05, 3.63) is 34.2 Å². The van der Waals surface area contributed by atoms with Crippen molar-refractivity contribution in [3.63, 3.8) is 0 Å². The molecule has 1 N–H and O–H groups in total. The molecule has 3 rings (SSSR count). The molecule has 0 amide bonds. The number of nitrogens with zero attached hydrogens (tertiary/aromatic N) is 1. The Labute approximate surface area is 115 Å². The fraction of sp³-hybridized carbons (Fsp3) is 0.357. The number of fused-ring (bicyclic) bond motifs is 2. The summed E-state index contributed by atoms with van der Waals surface area (Å²) in [5.74, 6) is 1.24. The van der Waals surface area contributed by atoms with E-state index in [1.165, 1.54) is 6.07 Å². The van der Waals surface area contributed by atoms with Gasteiger partial charge < -0.3 is 19.0 Å². The Hall–Kier alpha value is -2.05. The number of hydrogen-bond acceptors (Lipinski definition) is 6. The summed E-state index contributed by atoms with van der Waals surface area (Å²) in [6.07, 6.45) is 0. The van der Waals surface area contributed by atoms with Crippen LogP contribution in [-0.4, -0.2) is 37.0 Å². The second-order valence-corrected chi connectivity index (χ2v) is 4.75. The van der Waals surface area contributed by atoms with Gasteiger partial charge in [0.2, 0.25) is 6.79 Å². The zero-order chi connectivity index (χ0) is 14.1. The summed E-state index contributed by atoms with van der Waals surface area (Å²) in [5, 5.41) is 9.77. The lowest BCUT2D eigenvalue weighted by molar-refractivity contribution is 0.174. The van der Waals surface area contributed by atoms with Crippen molar-refractivity contribution in [1.29, 1.82) is 0 Å². The van der Waals surface area contributed by atoms with Gasteiger partial charge in [-0.25, -0.2) is 4.79 Å². The maximum atomic E-state index is 11.6. The minimum Gasteiger partial charge on any atom is -0.454 e. The first-order chi connectivity index (χ1) is 9.67. The number of benzene rings is 1. The monoisotopic (exact) mass is 277 g/mol. The molecule has 0 spiro atoms. The van der Waals surface area contributed by atoms with Crippen LogP contribution in [0.25, 0.3) is 11.0 Å². The lowest BCUT2D eigenvalue weighted by atomic mass is 10.1. The van der Waals surface area contributed by atoms with Gasteiger partial charge in [0, 0.05) is 30.6 Å². The summed E-state index contributed by atoms with van der Waals surface area (Å²) < 4.78 is 15.8. The summed E-state index contributed by atoms with van der Waals surface area (Å²) in [6, 6.07) is 4.97. The summed E-state index contributed by atoms with van der Waals surface area (Å²) >= 11 is 0. The molecule has 6 nitrogen and oxygen atoms in total. The highest BCUT2D eigenvalue weighted by molar-refractivity contribution is 5.84. The van der Waals surface area contributed by atoms with Gasteiger partial charge in [0.1, 0.15) is 5.58 Å². The standard InChI is InChI=1S/C14H15NO5/c1-15(2-3-16)7-9-4-14(17)20-11-6-13-12(5-10(9)11)18-8-19-13/h4-6,16H,2-3,7-8H2,1H3. The number of aliphatic hydroxyl groups is 1. The number of aliphatic hydroxyl groups excluding tert-OH is 1. The number of ether oxygens (including phenoxy) is 2. The van der Waals surface area contributed by atoms with Gasteiger partial charge in [-0.1, -0.05) is 0 Å². The first-order valence-electron chi connectivity index (χ1n) is 6.33. The molecule has 2 heterocycles. The van der Waals surface area contributed by atoms with Crippen LogP contribution >= 0.6 is 0 Å². The van der Waals surface area contributed by atoms with Crippen LogP contribution in [0.3, 0.4) is 0 Å². The molecule has 0 bridgehead atoms. The predicted molar refractivity (Wildman–Crippen MR) is 72.0 cm³/mol. The molecular formula is C14H15NO5. The van der Waals surface area contributed by atoms with Gasteiger partial charge in [-0.05, 0) is 18.7 Å². The smallest absolute Gasteiger partial charge is 0.336 e. The molecule has 0 fully saturated rings. The molecule has 106 valence electrons. The highest BCUT2D eigenvalue weighted by Gasteiger charge is 2.17. The van der Waals surface area contributed by atoms with E-state index in [1.807, 2.05) is 18.0 Å². The lowest BCUT2D eigenvalue weighted by Gasteiger charge is -2.16. The first-order valence-corrected chi connectivity index (χ1v) is 6.33. The van der Waals surface area contributed by atoms with Crippen molar-refractivity contribution in [2.75, 3.05) is 27.0 Å². The van der Waals surface area contributed by atoms with Crippen molar-refractivity contribution in [2.24, 2.45) is 0 Å². The zero-order valence-corrected chi connectivity index (χ0v) is 11.1. The molecule has 0 saturated heterocycles. The third-order valence-corrected chi connectivity index (χ3v) is 3.25. The van der Waals surface area contributed by atoms with E-state index in [4.69, 9.17) is 19.0 Å². The molecule has 2 aromatic rings. The normalized spacial score (nSPS) is 13.3. The second kappa shape index (κ2) is 5.15. The van der Waals surface area contributed by atoms with Gasteiger partial charge >= 0.3 is 5.63 Å². The van der Waals surface area contributed by atoms with Crippen LogP contribution in [0.5, 0.6) is 11.5 Å². The van der Waals surface area contributed by atoms with E-state index in [0.717, 1.165) is 10.9 Å². The molecule has 0 saturated carbocycles. The molecule has 20 heavy (non-hydrogen) atoms.